The Hall–Kier alpha value is -2.56. The maximum atomic E-state index is 11.4. The van der Waals surface area contributed by atoms with Crippen molar-refractivity contribution in [2.75, 3.05) is 11.9 Å². The molecule has 19 heavy (non-hydrogen) atoms. The lowest BCUT2D eigenvalue weighted by molar-refractivity contribution is 0.0696. The van der Waals surface area contributed by atoms with Crippen LogP contribution in [0.5, 0.6) is 0 Å². The molecule has 5 nitrogen and oxygen atoms in total. The van der Waals surface area contributed by atoms with Crippen LogP contribution in [-0.4, -0.2) is 23.1 Å². The summed E-state index contributed by atoms with van der Waals surface area (Å²) >= 11 is 0. The lowest BCUT2D eigenvalue weighted by atomic mass is 10.2. The predicted molar refractivity (Wildman–Crippen MR) is 72.6 cm³/mol. The molecule has 1 heterocycles. The number of H-pyrrole nitrogens is 1. The van der Waals surface area contributed by atoms with Gasteiger partial charge in [-0.1, -0.05) is 30.3 Å². The minimum atomic E-state index is -1.11. The second kappa shape index (κ2) is 5.39. The number of aromatic carboxylic acids is 1. The van der Waals surface area contributed by atoms with Crippen LogP contribution in [0.15, 0.2) is 47.3 Å². The van der Waals surface area contributed by atoms with E-state index < -0.39 is 11.5 Å². The van der Waals surface area contributed by atoms with E-state index in [1.807, 2.05) is 30.3 Å². The van der Waals surface area contributed by atoms with Gasteiger partial charge in [0, 0.05) is 19.7 Å². The lowest BCUT2D eigenvalue weighted by Crippen LogP contribution is -2.22. The number of carboxylic acids is 1. The third kappa shape index (κ3) is 3.22. The van der Waals surface area contributed by atoms with E-state index in [0.29, 0.717) is 12.4 Å². The monoisotopic (exact) mass is 258 g/mol. The van der Waals surface area contributed by atoms with Crippen LogP contribution in [0.2, 0.25) is 0 Å². The van der Waals surface area contributed by atoms with Crippen molar-refractivity contribution < 1.29 is 9.90 Å². The van der Waals surface area contributed by atoms with Crippen molar-refractivity contribution in [3.05, 3.63) is 63.9 Å². The molecule has 0 spiro atoms. The molecule has 2 rings (SSSR count). The molecule has 1 aromatic heterocycles. The SMILES string of the molecule is CN(Cc1ccccc1)c1cc(C(=O)O)cc(=O)[nH]1. The van der Waals surface area contributed by atoms with Crippen molar-refractivity contribution in [1.82, 2.24) is 4.98 Å². The van der Waals surface area contributed by atoms with Gasteiger partial charge in [0.05, 0.1) is 5.56 Å². The second-order valence-electron chi connectivity index (χ2n) is 4.27. The van der Waals surface area contributed by atoms with Gasteiger partial charge in [-0.3, -0.25) is 4.79 Å². The number of carboxylic acid groups (broad SMARTS) is 1. The fourth-order valence-electron chi connectivity index (χ4n) is 1.80. The van der Waals surface area contributed by atoms with Gasteiger partial charge in [0.15, 0.2) is 0 Å². The molecule has 0 fully saturated rings. The number of aromatic nitrogens is 1. The van der Waals surface area contributed by atoms with E-state index in [9.17, 15) is 9.59 Å². The summed E-state index contributed by atoms with van der Waals surface area (Å²) in [6.07, 6.45) is 0. The molecular formula is C14H14N2O3. The first-order valence-electron chi connectivity index (χ1n) is 5.79. The minimum absolute atomic E-state index is 0.0151. The van der Waals surface area contributed by atoms with Crippen molar-refractivity contribution in [1.29, 1.82) is 0 Å². The molecule has 1 aromatic carbocycles. The van der Waals surface area contributed by atoms with Crippen LogP contribution in [-0.2, 0) is 6.54 Å². The maximum absolute atomic E-state index is 11.4. The Kier molecular flexibility index (Phi) is 3.66. The van der Waals surface area contributed by atoms with Gasteiger partial charge in [0.25, 0.3) is 0 Å². The van der Waals surface area contributed by atoms with Crippen LogP contribution >= 0.6 is 0 Å². The Balaban J connectivity index is 2.26. The number of anilines is 1. The molecule has 98 valence electrons. The van der Waals surface area contributed by atoms with Crippen molar-refractivity contribution in [2.45, 2.75) is 6.54 Å². The zero-order valence-corrected chi connectivity index (χ0v) is 10.5. The van der Waals surface area contributed by atoms with Crippen molar-refractivity contribution >= 4 is 11.8 Å². The van der Waals surface area contributed by atoms with Crippen LogP contribution in [0.1, 0.15) is 15.9 Å². The second-order valence-corrected chi connectivity index (χ2v) is 4.27. The third-order valence-corrected chi connectivity index (χ3v) is 2.75. The fraction of sp³-hybridized carbons (Fsp3) is 0.143. The highest BCUT2D eigenvalue weighted by molar-refractivity contribution is 5.88. The Bertz CT molecular complexity index is 635. The molecule has 5 heteroatoms. The highest BCUT2D eigenvalue weighted by Crippen LogP contribution is 2.12. The average molecular weight is 258 g/mol. The van der Waals surface area contributed by atoms with Gasteiger partial charge >= 0.3 is 5.97 Å². The molecule has 0 unspecified atom stereocenters. The number of hydrogen-bond acceptors (Lipinski definition) is 3. The number of rotatable bonds is 4. The Morgan fingerprint density at radius 1 is 1.26 bits per heavy atom. The number of aromatic amines is 1. The number of nitrogens with one attached hydrogen (secondary N) is 1. The molecule has 0 radical (unpaired) electrons. The first kappa shape index (κ1) is 12.9. The summed E-state index contributed by atoms with van der Waals surface area (Å²) in [6, 6.07) is 12.2. The van der Waals surface area contributed by atoms with E-state index in [-0.39, 0.29) is 5.56 Å². The van der Waals surface area contributed by atoms with E-state index in [1.165, 1.54) is 6.07 Å². The Morgan fingerprint density at radius 2 is 1.95 bits per heavy atom. The van der Waals surface area contributed by atoms with E-state index in [2.05, 4.69) is 4.98 Å². The number of benzene rings is 1. The van der Waals surface area contributed by atoms with Crippen LogP contribution in [0, 0.1) is 0 Å². The van der Waals surface area contributed by atoms with Gasteiger partial charge in [-0.15, -0.1) is 0 Å². The van der Waals surface area contributed by atoms with Gasteiger partial charge in [-0.05, 0) is 11.6 Å². The van der Waals surface area contributed by atoms with Gasteiger partial charge in [0.1, 0.15) is 5.82 Å². The van der Waals surface area contributed by atoms with Gasteiger partial charge in [0.2, 0.25) is 5.56 Å². The van der Waals surface area contributed by atoms with E-state index >= 15 is 0 Å². The molecular weight excluding hydrogens is 244 g/mol. The largest absolute Gasteiger partial charge is 0.478 e. The quantitative estimate of drug-likeness (QED) is 0.875. The average Bonchev–Trinajstić information content (AvgIpc) is 2.39. The number of nitrogens with zero attached hydrogens (tertiary/aromatic N) is 1. The van der Waals surface area contributed by atoms with E-state index in [0.717, 1.165) is 11.6 Å². The highest BCUT2D eigenvalue weighted by atomic mass is 16.4. The van der Waals surface area contributed by atoms with Crippen LogP contribution in [0.4, 0.5) is 5.82 Å². The molecule has 0 saturated carbocycles. The standard InChI is InChI=1S/C14H14N2O3/c1-16(9-10-5-3-2-4-6-10)12-7-11(14(18)19)8-13(17)15-12/h2-8H,9H2,1H3,(H,15,17)(H,18,19). The van der Waals surface area contributed by atoms with Crippen LogP contribution in [0.25, 0.3) is 0 Å². The zero-order valence-electron chi connectivity index (χ0n) is 10.5. The highest BCUT2D eigenvalue weighted by Gasteiger charge is 2.09. The first-order valence-corrected chi connectivity index (χ1v) is 5.79. The Morgan fingerprint density at radius 3 is 2.58 bits per heavy atom. The lowest BCUT2D eigenvalue weighted by Gasteiger charge is -2.19. The summed E-state index contributed by atoms with van der Waals surface area (Å²) in [5, 5.41) is 8.93. The molecule has 0 aliphatic heterocycles. The topological polar surface area (TPSA) is 73.4 Å². The van der Waals surface area contributed by atoms with Gasteiger partial charge < -0.3 is 15.0 Å². The van der Waals surface area contributed by atoms with Crippen molar-refractivity contribution in [3.8, 4) is 0 Å². The summed E-state index contributed by atoms with van der Waals surface area (Å²) in [5.74, 6) is -0.630. The molecule has 0 saturated heterocycles. The predicted octanol–water partition coefficient (Wildman–Crippen LogP) is 1.71. The summed E-state index contributed by atoms with van der Waals surface area (Å²) in [5.41, 5.74) is 0.639. The Labute approximate surface area is 110 Å². The third-order valence-electron chi connectivity index (χ3n) is 2.75. The normalized spacial score (nSPS) is 10.2. The minimum Gasteiger partial charge on any atom is -0.478 e. The van der Waals surface area contributed by atoms with Gasteiger partial charge in [-0.2, -0.15) is 0 Å². The molecule has 2 aromatic rings. The smallest absolute Gasteiger partial charge is 0.336 e. The first-order chi connectivity index (χ1) is 9.06. The van der Waals surface area contributed by atoms with Crippen molar-refractivity contribution in [3.63, 3.8) is 0 Å². The number of hydrogen-bond donors (Lipinski definition) is 2. The molecule has 2 N–H and O–H groups in total. The van der Waals surface area contributed by atoms with E-state index in [4.69, 9.17) is 5.11 Å². The van der Waals surface area contributed by atoms with Crippen LogP contribution < -0.4 is 10.5 Å². The summed E-state index contributed by atoms with van der Waals surface area (Å²) < 4.78 is 0. The maximum Gasteiger partial charge on any atom is 0.336 e. The van der Waals surface area contributed by atoms with Crippen molar-refractivity contribution in [2.24, 2.45) is 0 Å². The molecule has 0 aliphatic rings. The molecule has 0 bridgehead atoms. The van der Waals surface area contributed by atoms with E-state index in [1.54, 1.807) is 11.9 Å². The molecule has 0 amide bonds. The summed E-state index contributed by atoms with van der Waals surface area (Å²) in [7, 11) is 1.80. The number of pyridine rings is 1. The molecule has 0 aliphatic carbocycles. The molecule has 0 atom stereocenters. The number of carbonyl (C=O) groups is 1. The van der Waals surface area contributed by atoms with Crippen LogP contribution in [0.3, 0.4) is 0 Å². The van der Waals surface area contributed by atoms with Gasteiger partial charge in [-0.25, -0.2) is 4.79 Å². The fourth-order valence-corrected chi connectivity index (χ4v) is 1.80. The zero-order chi connectivity index (χ0) is 13.8. The summed E-state index contributed by atoms with van der Waals surface area (Å²) in [4.78, 5) is 26.8. The summed E-state index contributed by atoms with van der Waals surface area (Å²) in [6.45, 7) is 0.583.